The number of halogens is 5. The van der Waals surface area contributed by atoms with E-state index in [1.54, 1.807) is 54.6 Å². The van der Waals surface area contributed by atoms with Gasteiger partial charge < -0.3 is 15.3 Å². The van der Waals surface area contributed by atoms with Crippen LogP contribution in [0, 0.1) is 5.41 Å². The summed E-state index contributed by atoms with van der Waals surface area (Å²) in [6.07, 6.45) is -1.05. The zero-order valence-electron chi connectivity index (χ0n) is 21.1. The van der Waals surface area contributed by atoms with E-state index in [4.69, 9.17) is 28.2 Å². The molecule has 2 aliphatic rings. The minimum Gasteiger partial charge on any atom is -0.394 e. The van der Waals surface area contributed by atoms with E-state index in [0.717, 1.165) is 25.0 Å². The molecule has 2 heterocycles. The van der Waals surface area contributed by atoms with Crippen LogP contribution in [-0.4, -0.2) is 40.7 Å². The Morgan fingerprint density at radius 1 is 1.02 bits per heavy atom. The van der Waals surface area contributed by atoms with Gasteiger partial charge in [0.2, 0.25) is 0 Å². The highest BCUT2D eigenvalue weighted by Gasteiger charge is 2.32. The average molecular weight is 585 g/mol. The Balaban J connectivity index is 1.69. The smallest absolute Gasteiger partial charge is 0.394 e. The van der Waals surface area contributed by atoms with E-state index in [1.807, 2.05) is 4.90 Å². The van der Waals surface area contributed by atoms with Crippen molar-refractivity contribution >= 4 is 46.0 Å². The first kappa shape index (κ1) is 28.0. The van der Waals surface area contributed by atoms with Crippen molar-refractivity contribution in [2.75, 3.05) is 13.2 Å². The number of likely N-dealkylation sites (tertiary alicyclic amines) is 1. The molecule has 5 nitrogen and oxygen atoms in total. The SMILES string of the molecule is N=C(/C(=C1/N=C(N2CCCC2CO)C=C(c2ccc(C(F)(F)F)cc2)N1)c1ccc(Cl)cc1)c1ccccc1Cl. The number of rotatable bonds is 5. The predicted octanol–water partition coefficient (Wildman–Crippen LogP) is 7.25. The third-order valence-electron chi connectivity index (χ3n) is 6.92. The number of allylic oxidation sites excluding steroid dienone is 1. The Hall–Kier alpha value is -3.59. The lowest BCUT2D eigenvalue weighted by Crippen LogP contribution is -2.39. The number of amidine groups is 1. The highest BCUT2D eigenvalue weighted by Crippen LogP contribution is 2.33. The summed E-state index contributed by atoms with van der Waals surface area (Å²) in [6.45, 7) is 0.598. The van der Waals surface area contributed by atoms with E-state index in [9.17, 15) is 23.7 Å². The fourth-order valence-corrected chi connectivity index (χ4v) is 5.23. The van der Waals surface area contributed by atoms with Gasteiger partial charge in [-0.25, -0.2) is 4.99 Å². The highest BCUT2D eigenvalue weighted by atomic mass is 35.5. The Labute approximate surface area is 239 Å². The maximum atomic E-state index is 13.2. The lowest BCUT2D eigenvalue weighted by molar-refractivity contribution is -0.137. The summed E-state index contributed by atoms with van der Waals surface area (Å²) in [4.78, 5) is 6.89. The quantitative estimate of drug-likeness (QED) is 0.277. The first-order valence-electron chi connectivity index (χ1n) is 12.6. The fourth-order valence-electron chi connectivity index (χ4n) is 4.87. The van der Waals surface area contributed by atoms with Crippen LogP contribution in [0.5, 0.6) is 0 Å². The Morgan fingerprint density at radius 2 is 1.73 bits per heavy atom. The number of nitrogens with zero attached hydrogens (tertiary/aromatic N) is 2. The van der Waals surface area contributed by atoms with Gasteiger partial charge in [0.05, 0.1) is 35.2 Å². The second-order valence-corrected chi connectivity index (χ2v) is 10.3. The lowest BCUT2D eigenvalue weighted by atomic mass is 9.95. The standard InChI is InChI=1S/C30H25Cl2F3N4O/c31-21-13-9-19(10-14-21)27(28(36)23-5-1-2-6-24(23)32)29-37-25(18-7-11-20(12-8-18)30(33,34)35)16-26(38-29)39-15-3-4-22(39)17-40/h1-2,5-14,16,22,36-37,40H,3-4,15,17H2/b29-27+,36-28?. The molecule has 0 spiro atoms. The van der Waals surface area contributed by atoms with Gasteiger partial charge in [0, 0.05) is 28.2 Å². The highest BCUT2D eigenvalue weighted by molar-refractivity contribution is 6.40. The molecule has 3 aromatic carbocycles. The minimum atomic E-state index is -4.46. The number of hydrogen-bond acceptors (Lipinski definition) is 5. The van der Waals surface area contributed by atoms with Crippen molar-refractivity contribution in [3.63, 3.8) is 0 Å². The van der Waals surface area contributed by atoms with Gasteiger partial charge in [-0.1, -0.05) is 65.7 Å². The number of benzene rings is 3. The van der Waals surface area contributed by atoms with E-state index in [-0.39, 0.29) is 18.4 Å². The number of nitrogens with one attached hydrogen (secondary N) is 2. The van der Waals surface area contributed by atoms with Crippen molar-refractivity contribution in [1.82, 2.24) is 10.2 Å². The van der Waals surface area contributed by atoms with E-state index in [0.29, 0.717) is 56.2 Å². The van der Waals surface area contributed by atoms with Crippen LogP contribution in [0.1, 0.15) is 35.1 Å². The van der Waals surface area contributed by atoms with Crippen molar-refractivity contribution in [2.45, 2.75) is 25.1 Å². The van der Waals surface area contributed by atoms with Crippen LogP contribution in [0.4, 0.5) is 13.2 Å². The zero-order chi connectivity index (χ0) is 28.4. The third-order valence-corrected chi connectivity index (χ3v) is 7.50. The molecule has 1 unspecified atom stereocenters. The van der Waals surface area contributed by atoms with Gasteiger partial charge in [0.1, 0.15) is 11.7 Å². The number of aliphatic hydroxyl groups excluding tert-OH is 1. The van der Waals surface area contributed by atoms with Crippen LogP contribution in [-0.2, 0) is 6.18 Å². The Morgan fingerprint density at radius 3 is 2.38 bits per heavy atom. The molecular weight excluding hydrogens is 560 g/mol. The normalized spacial score (nSPS) is 18.6. The molecule has 206 valence electrons. The molecule has 40 heavy (non-hydrogen) atoms. The fraction of sp³-hybridized carbons (Fsp3) is 0.200. The van der Waals surface area contributed by atoms with E-state index in [1.165, 1.54) is 12.1 Å². The first-order chi connectivity index (χ1) is 19.2. The molecule has 10 heteroatoms. The van der Waals surface area contributed by atoms with Crippen LogP contribution in [0.3, 0.4) is 0 Å². The molecule has 3 aromatic rings. The summed E-state index contributed by atoms with van der Waals surface area (Å²) in [7, 11) is 0. The molecular formula is C30H25Cl2F3N4O. The summed E-state index contributed by atoms with van der Waals surface area (Å²) in [5.74, 6) is 0.863. The molecule has 0 saturated carbocycles. The van der Waals surface area contributed by atoms with Gasteiger partial charge in [0.25, 0.3) is 0 Å². The topological polar surface area (TPSA) is 71.7 Å². The van der Waals surface area contributed by atoms with Crippen LogP contribution in [0.15, 0.2) is 89.7 Å². The minimum absolute atomic E-state index is 0.0611. The molecule has 1 saturated heterocycles. The lowest BCUT2D eigenvalue weighted by Gasteiger charge is -2.30. The van der Waals surface area contributed by atoms with Gasteiger partial charge in [-0.2, -0.15) is 13.2 Å². The number of hydrogen-bond donors (Lipinski definition) is 3. The Bertz CT molecular complexity index is 1510. The average Bonchev–Trinajstić information content (AvgIpc) is 3.43. The molecule has 1 fully saturated rings. The van der Waals surface area contributed by atoms with Gasteiger partial charge in [-0.05, 0) is 54.3 Å². The number of aliphatic imine (C=N–C) groups is 1. The molecule has 3 N–H and O–H groups in total. The van der Waals surface area contributed by atoms with Crippen molar-refractivity contribution in [3.8, 4) is 0 Å². The zero-order valence-corrected chi connectivity index (χ0v) is 22.7. The van der Waals surface area contributed by atoms with Crippen LogP contribution < -0.4 is 5.32 Å². The van der Waals surface area contributed by atoms with Crippen molar-refractivity contribution in [1.29, 1.82) is 5.41 Å². The molecule has 0 aromatic heterocycles. The van der Waals surface area contributed by atoms with E-state index in [2.05, 4.69) is 5.32 Å². The summed E-state index contributed by atoms with van der Waals surface area (Å²) >= 11 is 12.6. The van der Waals surface area contributed by atoms with Crippen molar-refractivity contribution in [3.05, 3.63) is 117 Å². The largest absolute Gasteiger partial charge is 0.416 e. The van der Waals surface area contributed by atoms with Gasteiger partial charge in [-0.3, -0.25) is 5.41 Å². The van der Waals surface area contributed by atoms with Crippen LogP contribution in [0.2, 0.25) is 10.0 Å². The molecule has 0 amide bonds. The van der Waals surface area contributed by atoms with E-state index >= 15 is 0 Å². The summed E-state index contributed by atoms with van der Waals surface area (Å²) in [5.41, 5.74) is 1.94. The first-order valence-corrected chi connectivity index (χ1v) is 13.4. The van der Waals surface area contributed by atoms with Crippen molar-refractivity contribution < 1.29 is 18.3 Å². The molecule has 0 aliphatic carbocycles. The molecule has 0 bridgehead atoms. The molecule has 5 rings (SSSR count). The Kier molecular flexibility index (Phi) is 8.03. The number of alkyl halides is 3. The summed E-state index contributed by atoms with van der Waals surface area (Å²) < 4.78 is 39.7. The molecule has 1 atom stereocenters. The molecule has 2 aliphatic heterocycles. The summed E-state index contributed by atoms with van der Waals surface area (Å²) in [5, 5.41) is 23.4. The van der Waals surface area contributed by atoms with Gasteiger partial charge in [-0.15, -0.1) is 0 Å². The van der Waals surface area contributed by atoms with Crippen molar-refractivity contribution in [2.24, 2.45) is 4.99 Å². The monoisotopic (exact) mass is 584 g/mol. The second kappa shape index (κ2) is 11.5. The molecule has 0 radical (unpaired) electrons. The van der Waals surface area contributed by atoms with Gasteiger partial charge >= 0.3 is 6.18 Å². The van der Waals surface area contributed by atoms with Crippen LogP contribution >= 0.6 is 23.2 Å². The summed E-state index contributed by atoms with van der Waals surface area (Å²) in [6, 6.07) is 18.7. The van der Waals surface area contributed by atoms with Crippen LogP contribution in [0.25, 0.3) is 11.3 Å². The number of aliphatic hydroxyl groups is 1. The maximum Gasteiger partial charge on any atom is 0.416 e. The second-order valence-electron chi connectivity index (χ2n) is 9.49. The third kappa shape index (κ3) is 5.80. The van der Waals surface area contributed by atoms with E-state index < -0.39 is 11.7 Å². The maximum absolute atomic E-state index is 13.2. The predicted molar refractivity (Wildman–Crippen MR) is 153 cm³/mol. The van der Waals surface area contributed by atoms with Gasteiger partial charge in [0.15, 0.2) is 0 Å².